The molecule has 1 aromatic carbocycles. The summed E-state index contributed by atoms with van der Waals surface area (Å²) in [4.78, 5) is 11.8. The van der Waals surface area contributed by atoms with Gasteiger partial charge in [0.1, 0.15) is 5.60 Å². The molecule has 5 nitrogen and oxygen atoms in total. The summed E-state index contributed by atoms with van der Waals surface area (Å²) < 4.78 is 5.23. The average molecular weight is 314 g/mol. The van der Waals surface area contributed by atoms with Gasteiger partial charge in [0.25, 0.3) is 0 Å². The number of hydrogen-bond acceptors (Lipinski definition) is 4. The van der Waals surface area contributed by atoms with Crippen LogP contribution in [0.25, 0.3) is 0 Å². The molecule has 0 saturated heterocycles. The third-order valence-corrected chi connectivity index (χ3v) is 3.15. The maximum Gasteiger partial charge on any atom is 0.407 e. The molecule has 2 unspecified atom stereocenters. The van der Waals surface area contributed by atoms with E-state index in [9.17, 15) is 4.79 Å². The molecule has 21 heavy (non-hydrogen) atoms. The van der Waals surface area contributed by atoms with Crippen molar-refractivity contribution in [1.29, 1.82) is 0 Å². The van der Waals surface area contributed by atoms with Gasteiger partial charge in [0, 0.05) is 6.54 Å². The molecule has 0 aliphatic carbocycles. The third kappa shape index (κ3) is 6.23. The smallest absolute Gasteiger partial charge is 0.407 e. The maximum absolute atomic E-state index is 11.8. The monoisotopic (exact) mass is 313 g/mol. The molecule has 2 atom stereocenters. The van der Waals surface area contributed by atoms with Gasteiger partial charge < -0.3 is 21.1 Å². The van der Waals surface area contributed by atoms with Crippen molar-refractivity contribution in [2.24, 2.45) is 5.73 Å². The largest absolute Gasteiger partial charge is 0.444 e. The van der Waals surface area contributed by atoms with Crippen molar-refractivity contribution in [3.63, 3.8) is 0 Å². The number of halogens is 1. The van der Waals surface area contributed by atoms with E-state index in [1.807, 2.05) is 45.9 Å². The number of amides is 1. The van der Waals surface area contributed by atoms with Gasteiger partial charge in [-0.2, -0.15) is 0 Å². The van der Waals surface area contributed by atoms with Crippen LogP contribution in [0.5, 0.6) is 0 Å². The van der Waals surface area contributed by atoms with E-state index in [-0.39, 0.29) is 12.1 Å². The number of nitrogens with one attached hydrogen (secondary N) is 2. The van der Waals surface area contributed by atoms with Crippen molar-refractivity contribution in [3.05, 3.63) is 29.3 Å². The fourth-order valence-corrected chi connectivity index (χ4v) is 1.95. The van der Waals surface area contributed by atoms with Gasteiger partial charge in [0.15, 0.2) is 0 Å². The predicted octanol–water partition coefficient (Wildman–Crippen LogP) is 2.99. The van der Waals surface area contributed by atoms with Crippen molar-refractivity contribution in [2.75, 3.05) is 11.9 Å². The first-order chi connectivity index (χ1) is 9.73. The SMILES string of the molecule is CC(NC(=O)OC(C)(C)C)C(CN)Nc1ccccc1Cl. The lowest BCUT2D eigenvalue weighted by Gasteiger charge is -2.27. The first kappa shape index (κ1) is 17.6. The number of anilines is 1. The van der Waals surface area contributed by atoms with Crippen LogP contribution in [0, 0.1) is 0 Å². The third-order valence-electron chi connectivity index (χ3n) is 2.82. The molecule has 1 rings (SSSR count). The number of benzene rings is 1. The second-order valence-electron chi connectivity index (χ2n) is 5.90. The van der Waals surface area contributed by atoms with Crippen LogP contribution in [-0.2, 0) is 4.74 Å². The topological polar surface area (TPSA) is 76.4 Å². The van der Waals surface area contributed by atoms with Gasteiger partial charge in [-0.3, -0.25) is 0 Å². The Kier molecular flexibility index (Phi) is 6.30. The van der Waals surface area contributed by atoms with Crippen LogP contribution in [0.1, 0.15) is 27.7 Å². The molecule has 0 aliphatic rings. The van der Waals surface area contributed by atoms with E-state index >= 15 is 0 Å². The standard InChI is InChI=1S/C15H24ClN3O2/c1-10(18-14(20)21-15(2,3)4)13(9-17)19-12-8-6-5-7-11(12)16/h5-8,10,13,19H,9,17H2,1-4H3,(H,18,20). The molecule has 0 aromatic heterocycles. The van der Waals surface area contributed by atoms with Gasteiger partial charge >= 0.3 is 6.09 Å². The van der Waals surface area contributed by atoms with Crippen molar-refractivity contribution < 1.29 is 9.53 Å². The number of alkyl carbamates (subject to hydrolysis) is 1. The van der Waals surface area contributed by atoms with Crippen molar-refractivity contribution in [2.45, 2.75) is 45.4 Å². The van der Waals surface area contributed by atoms with E-state index in [1.165, 1.54) is 0 Å². The molecule has 0 heterocycles. The Morgan fingerprint density at radius 2 is 2.00 bits per heavy atom. The summed E-state index contributed by atoms with van der Waals surface area (Å²) in [5.41, 5.74) is 6.03. The van der Waals surface area contributed by atoms with Crippen molar-refractivity contribution in [1.82, 2.24) is 5.32 Å². The Balaban J connectivity index is 2.63. The van der Waals surface area contributed by atoms with E-state index in [2.05, 4.69) is 10.6 Å². The molecule has 0 bridgehead atoms. The van der Waals surface area contributed by atoms with Crippen LogP contribution in [0.15, 0.2) is 24.3 Å². The van der Waals surface area contributed by atoms with E-state index in [0.29, 0.717) is 11.6 Å². The Labute approximate surface area is 131 Å². The fourth-order valence-electron chi connectivity index (χ4n) is 1.76. The number of rotatable bonds is 5. The molecular weight excluding hydrogens is 290 g/mol. The summed E-state index contributed by atoms with van der Waals surface area (Å²) in [5.74, 6) is 0. The van der Waals surface area contributed by atoms with Crippen molar-refractivity contribution >= 4 is 23.4 Å². The summed E-state index contributed by atoms with van der Waals surface area (Å²) in [5, 5.41) is 6.63. The highest BCUT2D eigenvalue weighted by Gasteiger charge is 2.22. The number of carbonyl (C=O) groups excluding carboxylic acids is 1. The summed E-state index contributed by atoms with van der Waals surface area (Å²) in [6, 6.07) is 7.04. The minimum absolute atomic E-state index is 0.155. The average Bonchev–Trinajstić information content (AvgIpc) is 2.35. The van der Waals surface area contributed by atoms with Crippen LogP contribution in [0.2, 0.25) is 5.02 Å². The molecule has 4 N–H and O–H groups in total. The summed E-state index contributed by atoms with van der Waals surface area (Å²) in [6.45, 7) is 7.67. The van der Waals surface area contributed by atoms with Crippen LogP contribution in [0.3, 0.4) is 0 Å². The molecule has 0 fully saturated rings. The first-order valence-corrected chi connectivity index (χ1v) is 7.31. The van der Waals surface area contributed by atoms with Gasteiger partial charge in [-0.05, 0) is 39.8 Å². The van der Waals surface area contributed by atoms with Crippen LogP contribution in [-0.4, -0.2) is 30.3 Å². The number of ether oxygens (including phenoxy) is 1. The van der Waals surface area contributed by atoms with Gasteiger partial charge in [-0.25, -0.2) is 4.79 Å². The van der Waals surface area contributed by atoms with E-state index in [1.54, 1.807) is 6.07 Å². The second kappa shape index (κ2) is 7.52. The molecule has 118 valence electrons. The molecule has 0 spiro atoms. The van der Waals surface area contributed by atoms with Crippen LogP contribution in [0.4, 0.5) is 10.5 Å². The summed E-state index contributed by atoms with van der Waals surface area (Å²) in [7, 11) is 0. The van der Waals surface area contributed by atoms with E-state index in [4.69, 9.17) is 22.1 Å². The lowest BCUT2D eigenvalue weighted by molar-refractivity contribution is 0.0504. The van der Waals surface area contributed by atoms with Gasteiger partial charge in [-0.15, -0.1) is 0 Å². The number of nitrogens with two attached hydrogens (primary N) is 1. The van der Waals surface area contributed by atoms with E-state index < -0.39 is 11.7 Å². The molecular formula is C15H24ClN3O2. The van der Waals surface area contributed by atoms with Crippen LogP contribution >= 0.6 is 11.6 Å². The van der Waals surface area contributed by atoms with Gasteiger partial charge in [-0.1, -0.05) is 23.7 Å². The predicted molar refractivity (Wildman–Crippen MR) is 86.7 cm³/mol. The summed E-state index contributed by atoms with van der Waals surface area (Å²) >= 11 is 6.11. The highest BCUT2D eigenvalue weighted by molar-refractivity contribution is 6.33. The zero-order valence-electron chi connectivity index (χ0n) is 12.9. The van der Waals surface area contributed by atoms with Crippen LogP contribution < -0.4 is 16.4 Å². The molecule has 0 aliphatic heterocycles. The lowest BCUT2D eigenvalue weighted by atomic mass is 10.1. The molecule has 1 aromatic rings. The quantitative estimate of drug-likeness (QED) is 0.781. The Morgan fingerprint density at radius 3 is 2.52 bits per heavy atom. The molecule has 1 amide bonds. The first-order valence-electron chi connectivity index (χ1n) is 6.93. The minimum Gasteiger partial charge on any atom is -0.444 e. The Hall–Kier alpha value is -1.46. The number of carbonyl (C=O) groups is 1. The Bertz CT molecular complexity index is 474. The highest BCUT2D eigenvalue weighted by atomic mass is 35.5. The minimum atomic E-state index is -0.530. The fraction of sp³-hybridized carbons (Fsp3) is 0.533. The molecule has 6 heteroatoms. The second-order valence-corrected chi connectivity index (χ2v) is 6.31. The lowest BCUT2D eigenvalue weighted by Crippen LogP contribution is -2.49. The zero-order valence-corrected chi connectivity index (χ0v) is 13.7. The normalized spacial score (nSPS) is 14.2. The Morgan fingerprint density at radius 1 is 1.38 bits per heavy atom. The number of para-hydroxylation sites is 1. The summed E-state index contributed by atoms with van der Waals surface area (Å²) in [6.07, 6.45) is -0.464. The molecule has 0 saturated carbocycles. The highest BCUT2D eigenvalue weighted by Crippen LogP contribution is 2.21. The number of hydrogen-bond donors (Lipinski definition) is 3. The molecule has 0 radical (unpaired) electrons. The van der Waals surface area contributed by atoms with Crippen molar-refractivity contribution in [3.8, 4) is 0 Å². The van der Waals surface area contributed by atoms with Gasteiger partial charge in [0.2, 0.25) is 0 Å². The van der Waals surface area contributed by atoms with Gasteiger partial charge in [0.05, 0.1) is 22.8 Å². The van der Waals surface area contributed by atoms with E-state index in [0.717, 1.165) is 5.69 Å². The maximum atomic E-state index is 11.8. The zero-order chi connectivity index (χ0) is 16.0.